The Balaban J connectivity index is 1.40. The highest BCUT2D eigenvalue weighted by molar-refractivity contribution is 6.07. The van der Waals surface area contributed by atoms with Crippen molar-refractivity contribution in [2.24, 2.45) is 0 Å². The Morgan fingerprint density at radius 2 is 1.63 bits per heavy atom. The van der Waals surface area contributed by atoms with Crippen molar-refractivity contribution in [3.63, 3.8) is 0 Å². The van der Waals surface area contributed by atoms with Gasteiger partial charge in [0.2, 0.25) is 11.9 Å². The van der Waals surface area contributed by atoms with Crippen molar-refractivity contribution in [1.29, 1.82) is 0 Å². The Kier molecular flexibility index (Phi) is 5.55. The van der Waals surface area contributed by atoms with E-state index >= 15 is 0 Å². The molecule has 1 fully saturated rings. The van der Waals surface area contributed by atoms with Gasteiger partial charge in [0, 0.05) is 50.5 Å². The molecule has 154 valence electrons. The van der Waals surface area contributed by atoms with E-state index in [0.29, 0.717) is 36.4 Å². The first-order valence-electron chi connectivity index (χ1n) is 9.49. The van der Waals surface area contributed by atoms with Crippen LogP contribution in [0.5, 0.6) is 5.75 Å². The molecule has 30 heavy (non-hydrogen) atoms. The predicted octanol–water partition coefficient (Wildman–Crippen LogP) is 1.44. The third-order valence-corrected chi connectivity index (χ3v) is 4.80. The number of carbonyl (C=O) groups excluding carboxylic acids is 1. The summed E-state index contributed by atoms with van der Waals surface area (Å²) in [5.74, 6) is 1.69. The Morgan fingerprint density at radius 3 is 2.23 bits per heavy atom. The van der Waals surface area contributed by atoms with E-state index in [9.17, 15) is 4.79 Å². The van der Waals surface area contributed by atoms with Crippen molar-refractivity contribution in [3.8, 4) is 5.75 Å². The average Bonchev–Trinajstić information content (AvgIpc) is 2.80. The number of carbonyl (C=O) groups is 1. The highest BCUT2D eigenvalue weighted by Crippen LogP contribution is 2.19. The van der Waals surface area contributed by atoms with E-state index in [4.69, 9.17) is 10.5 Å². The van der Waals surface area contributed by atoms with E-state index in [1.54, 1.807) is 49.8 Å². The molecule has 10 heteroatoms. The minimum Gasteiger partial charge on any atom is -0.497 e. The van der Waals surface area contributed by atoms with E-state index in [0.717, 1.165) is 13.1 Å². The molecule has 1 saturated heterocycles. The number of nitrogen functional groups attached to an aromatic ring is 1. The van der Waals surface area contributed by atoms with Gasteiger partial charge < -0.3 is 25.6 Å². The topological polar surface area (TPSA) is 122 Å². The quantitative estimate of drug-likeness (QED) is 0.648. The fraction of sp³-hybridized carbons (Fsp3) is 0.250. The van der Waals surface area contributed by atoms with Gasteiger partial charge >= 0.3 is 0 Å². The highest BCUT2D eigenvalue weighted by Gasteiger charge is 2.22. The molecule has 0 unspecified atom stereocenters. The van der Waals surface area contributed by atoms with E-state index in [1.807, 2.05) is 4.90 Å². The van der Waals surface area contributed by atoms with Gasteiger partial charge in [-0.2, -0.15) is 4.98 Å². The Morgan fingerprint density at radius 1 is 1.00 bits per heavy atom. The predicted molar refractivity (Wildman–Crippen MR) is 114 cm³/mol. The fourth-order valence-electron chi connectivity index (χ4n) is 3.15. The van der Waals surface area contributed by atoms with Gasteiger partial charge in [-0.15, -0.1) is 0 Å². The summed E-state index contributed by atoms with van der Waals surface area (Å²) in [7, 11) is 1.59. The Bertz CT molecular complexity index is 1010. The Labute approximate surface area is 173 Å². The number of nitrogens with zero attached hydrogens (tertiary/aromatic N) is 6. The Hall–Kier alpha value is -3.95. The van der Waals surface area contributed by atoms with Crippen LogP contribution < -0.4 is 25.6 Å². The number of hydrogen-bond acceptors (Lipinski definition) is 9. The van der Waals surface area contributed by atoms with Crippen molar-refractivity contribution in [1.82, 2.24) is 19.9 Å². The molecule has 10 nitrogen and oxygen atoms in total. The molecule has 3 aromatic rings. The third-order valence-electron chi connectivity index (χ3n) is 4.80. The molecule has 1 aliphatic heterocycles. The van der Waals surface area contributed by atoms with Gasteiger partial charge in [-0.25, -0.2) is 15.0 Å². The first-order valence-corrected chi connectivity index (χ1v) is 9.49. The number of benzene rings is 1. The van der Waals surface area contributed by atoms with E-state index in [-0.39, 0.29) is 17.3 Å². The number of ether oxygens (including phenoxy) is 1. The average molecular weight is 406 g/mol. The lowest BCUT2D eigenvalue weighted by Crippen LogP contribution is -2.47. The summed E-state index contributed by atoms with van der Waals surface area (Å²) in [5.41, 5.74) is 6.91. The lowest BCUT2D eigenvalue weighted by atomic mass is 10.2. The van der Waals surface area contributed by atoms with Crippen molar-refractivity contribution < 1.29 is 9.53 Å². The van der Waals surface area contributed by atoms with Gasteiger partial charge in [-0.3, -0.25) is 4.79 Å². The summed E-state index contributed by atoms with van der Waals surface area (Å²) in [6.45, 7) is 2.89. The summed E-state index contributed by atoms with van der Waals surface area (Å²) < 4.78 is 5.11. The molecular weight excluding hydrogens is 384 g/mol. The number of anilines is 4. The van der Waals surface area contributed by atoms with E-state index < -0.39 is 0 Å². The maximum Gasteiger partial charge on any atom is 0.260 e. The number of hydrogen-bond donors (Lipinski definition) is 2. The molecule has 3 heterocycles. The zero-order chi connectivity index (χ0) is 20.9. The second kappa shape index (κ2) is 8.60. The van der Waals surface area contributed by atoms with E-state index in [1.165, 1.54) is 6.20 Å². The summed E-state index contributed by atoms with van der Waals surface area (Å²) >= 11 is 0. The molecule has 0 radical (unpaired) electrons. The molecule has 2 aromatic heterocycles. The second-order valence-corrected chi connectivity index (χ2v) is 6.67. The molecule has 0 bridgehead atoms. The van der Waals surface area contributed by atoms with Crippen LogP contribution in [0, 0.1) is 0 Å². The first kappa shape index (κ1) is 19.4. The molecule has 0 saturated carbocycles. The molecule has 1 amide bonds. The molecule has 0 aliphatic carbocycles. The standard InChI is InChI=1S/C20H22N8O2/c1-30-15-5-3-14(4-6-15)25-18(29)16-13-24-20(26-17(16)21)28-11-9-27(10-12-28)19-22-7-2-8-23-19/h2-8,13H,9-12H2,1H3,(H,25,29)(H2,21,24,26). The molecule has 1 aromatic carbocycles. The van der Waals surface area contributed by atoms with Crippen molar-refractivity contribution >= 4 is 29.3 Å². The number of nitrogens with one attached hydrogen (secondary N) is 1. The van der Waals surface area contributed by atoms with Crippen LogP contribution in [-0.2, 0) is 0 Å². The molecule has 0 spiro atoms. The minimum absolute atomic E-state index is 0.139. The summed E-state index contributed by atoms with van der Waals surface area (Å²) in [5, 5.41) is 2.78. The lowest BCUT2D eigenvalue weighted by molar-refractivity contribution is 0.102. The van der Waals surface area contributed by atoms with Crippen LogP contribution in [0.25, 0.3) is 0 Å². The summed E-state index contributed by atoms with van der Waals surface area (Å²) in [6, 6.07) is 8.82. The normalized spacial score (nSPS) is 13.8. The lowest BCUT2D eigenvalue weighted by Gasteiger charge is -2.34. The molecule has 1 aliphatic rings. The van der Waals surface area contributed by atoms with Crippen molar-refractivity contribution in [2.75, 3.05) is 54.1 Å². The minimum atomic E-state index is -0.365. The van der Waals surface area contributed by atoms with Crippen LogP contribution in [0.15, 0.2) is 48.9 Å². The van der Waals surface area contributed by atoms with Crippen molar-refractivity contribution in [3.05, 3.63) is 54.5 Å². The van der Waals surface area contributed by atoms with Gasteiger partial charge in [-0.05, 0) is 30.3 Å². The summed E-state index contributed by atoms with van der Waals surface area (Å²) in [4.78, 5) is 33.9. The molecular formula is C20H22N8O2. The van der Waals surface area contributed by atoms with Gasteiger partial charge in [-0.1, -0.05) is 0 Å². The second-order valence-electron chi connectivity index (χ2n) is 6.67. The molecule has 4 rings (SSSR count). The largest absolute Gasteiger partial charge is 0.497 e. The van der Waals surface area contributed by atoms with Gasteiger partial charge in [0.15, 0.2) is 0 Å². The van der Waals surface area contributed by atoms with Crippen molar-refractivity contribution in [2.45, 2.75) is 0 Å². The maximum atomic E-state index is 12.5. The SMILES string of the molecule is COc1ccc(NC(=O)c2cnc(N3CCN(c4ncccn4)CC3)nc2N)cc1. The number of amides is 1. The zero-order valence-corrected chi connectivity index (χ0v) is 16.5. The number of piperazine rings is 1. The number of aromatic nitrogens is 4. The zero-order valence-electron chi connectivity index (χ0n) is 16.5. The number of nitrogens with two attached hydrogens (primary N) is 1. The van der Waals surface area contributed by atoms with Crippen LogP contribution in [0.4, 0.5) is 23.4 Å². The van der Waals surface area contributed by atoms with Crippen LogP contribution in [-0.4, -0.2) is 59.1 Å². The third kappa shape index (κ3) is 4.22. The smallest absolute Gasteiger partial charge is 0.260 e. The van der Waals surface area contributed by atoms with Gasteiger partial charge in [0.25, 0.3) is 5.91 Å². The first-order chi connectivity index (χ1) is 14.6. The van der Waals surface area contributed by atoms with Gasteiger partial charge in [0.1, 0.15) is 17.1 Å². The van der Waals surface area contributed by atoms with Crippen LogP contribution >= 0.6 is 0 Å². The monoisotopic (exact) mass is 406 g/mol. The van der Waals surface area contributed by atoms with E-state index in [2.05, 4.69) is 30.2 Å². The molecule has 0 atom stereocenters. The number of rotatable bonds is 5. The summed E-state index contributed by atoms with van der Waals surface area (Å²) in [6.07, 6.45) is 4.92. The van der Waals surface area contributed by atoms with Gasteiger partial charge in [0.05, 0.1) is 7.11 Å². The van der Waals surface area contributed by atoms with Crippen LogP contribution in [0.3, 0.4) is 0 Å². The van der Waals surface area contributed by atoms with Crippen LogP contribution in [0.2, 0.25) is 0 Å². The maximum absolute atomic E-state index is 12.5. The highest BCUT2D eigenvalue weighted by atomic mass is 16.5. The fourth-order valence-corrected chi connectivity index (χ4v) is 3.15. The number of methoxy groups -OCH3 is 1. The molecule has 3 N–H and O–H groups in total. The van der Waals surface area contributed by atoms with Crippen LogP contribution in [0.1, 0.15) is 10.4 Å².